The summed E-state index contributed by atoms with van der Waals surface area (Å²) in [7, 11) is 1.73. The molecular weight excluding hydrogens is 128 g/mol. The molecule has 0 saturated carbocycles. The summed E-state index contributed by atoms with van der Waals surface area (Å²) in [5.41, 5.74) is 0. The molecule has 1 amide bonds. The molecule has 1 heterocycles. The van der Waals surface area contributed by atoms with Crippen LogP contribution in [0.4, 0.5) is 0 Å². The molecule has 0 aromatic rings. The van der Waals surface area contributed by atoms with Crippen LogP contribution in [0.5, 0.6) is 0 Å². The molecule has 54 valence electrons. The van der Waals surface area contributed by atoms with E-state index >= 15 is 0 Å². The Morgan fingerprint density at radius 3 is 2.70 bits per heavy atom. The van der Waals surface area contributed by atoms with E-state index in [0.717, 1.165) is 13.1 Å². The van der Waals surface area contributed by atoms with Gasteiger partial charge in [-0.25, -0.2) is 0 Å². The fourth-order valence-electron chi connectivity index (χ4n) is 0.815. The second kappa shape index (κ2) is 2.72. The fourth-order valence-corrected chi connectivity index (χ4v) is 0.815. The number of likely N-dealkylation sites (N-methyl/N-ethyl adjacent to an activating group) is 1. The Morgan fingerprint density at radius 2 is 2.40 bits per heavy atom. The van der Waals surface area contributed by atoms with Crippen molar-refractivity contribution in [1.82, 2.24) is 10.2 Å². The molecule has 0 radical (unpaired) electrons. The van der Waals surface area contributed by atoms with Crippen molar-refractivity contribution in [2.75, 3.05) is 20.1 Å². The van der Waals surface area contributed by atoms with Crippen molar-refractivity contribution in [1.29, 1.82) is 0 Å². The van der Waals surface area contributed by atoms with Gasteiger partial charge in [-0.2, -0.15) is 0 Å². The molecule has 1 fully saturated rings. The summed E-state index contributed by atoms with van der Waals surface area (Å²) < 4.78 is 0. The number of carbonyl (C=O) groups excluding carboxylic acids is 1. The van der Waals surface area contributed by atoms with Gasteiger partial charge in [0.1, 0.15) is 0 Å². The van der Waals surface area contributed by atoms with Gasteiger partial charge in [0.05, 0.1) is 6.04 Å². The molecule has 1 saturated heterocycles. The SMILES string of the molecule is C#CC(=O)N(C)C1CNC1. The molecule has 1 N–H and O–H groups in total. The zero-order chi connectivity index (χ0) is 7.56. The summed E-state index contributed by atoms with van der Waals surface area (Å²) in [6, 6.07) is 0.309. The Kier molecular flexibility index (Phi) is 1.93. The summed E-state index contributed by atoms with van der Waals surface area (Å²) in [6.07, 6.45) is 4.93. The number of rotatable bonds is 1. The van der Waals surface area contributed by atoms with Gasteiger partial charge in [0.2, 0.25) is 0 Å². The first-order valence-electron chi connectivity index (χ1n) is 3.20. The van der Waals surface area contributed by atoms with Crippen LogP contribution in [0.25, 0.3) is 0 Å². The van der Waals surface area contributed by atoms with E-state index in [9.17, 15) is 4.79 Å². The quantitative estimate of drug-likeness (QED) is 0.474. The number of hydrogen-bond acceptors (Lipinski definition) is 2. The molecular formula is C7H10N2O. The monoisotopic (exact) mass is 138 g/mol. The summed E-state index contributed by atoms with van der Waals surface area (Å²) in [6.45, 7) is 1.73. The lowest BCUT2D eigenvalue weighted by Crippen LogP contribution is -2.57. The molecule has 0 aromatic carbocycles. The van der Waals surface area contributed by atoms with Gasteiger partial charge in [0.15, 0.2) is 0 Å². The normalized spacial score (nSPS) is 17.2. The predicted octanol–water partition coefficient (Wildman–Crippen LogP) is -0.950. The maximum absolute atomic E-state index is 10.8. The Bertz CT molecular complexity index is 179. The number of nitrogens with zero attached hydrogens (tertiary/aromatic N) is 1. The number of nitrogens with one attached hydrogen (secondary N) is 1. The smallest absolute Gasteiger partial charge is 0.298 e. The highest BCUT2D eigenvalue weighted by Gasteiger charge is 2.23. The summed E-state index contributed by atoms with van der Waals surface area (Å²) in [5.74, 6) is 1.84. The zero-order valence-electron chi connectivity index (χ0n) is 5.92. The van der Waals surface area contributed by atoms with Gasteiger partial charge < -0.3 is 10.2 Å². The summed E-state index contributed by atoms with van der Waals surface area (Å²) in [4.78, 5) is 12.4. The predicted molar refractivity (Wildman–Crippen MR) is 38.3 cm³/mol. The summed E-state index contributed by atoms with van der Waals surface area (Å²) >= 11 is 0. The third-order valence-electron chi connectivity index (χ3n) is 1.75. The van der Waals surface area contributed by atoms with E-state index in [4.69, 9.17) is 6.42 Å². The van der Waals surface area contributed by atoms with Crippen LogP contribution in [0.2, 0.25) is 0 Å². The van der Waals surface area contributed by atoms with Crippen LogP contribution < -0.4 is 5.32 Å². The van der Waals surface area contributed by atoms with Gasteiger partial charge in [-0.1, -0.05) is 0 Å². The zero-order valence-corrected chi connectivity index (χ0v) is 5.92. The Hall–Kier alpha value is -1.01. The van der Waals surface area contributed by atoms with Gasteiger partial charge in [-0.05, 0) is 5.92 Å². The van der Waals surface area contributed by atoms with Gasteiger partial charge >= 0.3 is 0 Å². The molecule has 0 bridgehead atoms. The fraction of sp³-hybridized carbons (Fsp3) is 0.571. The lowest BCUT2D eigenvalue weighted by atomic mass is 10.1. The first-order valence-corrected chi connectivity index (χ1v) is 3.20. The van der Waals surface area contributed by atoms with Crippen molar-refractivity contribution in [3.63, 3.8) is 0 Å². The van der Waals surface area contributed by atoms with Crippen LogP contribution in [-0.2, 0) is 4.79 Å². The van der Waals surface area contributed by atoms with Crippen molar-refractivity contribution in [3.8, 4) is 12.3 Å². The molecule has 1 rings (SSSR count). The van der Waals surface area contributed by atoms with Crippen LogP contribution in [0, 0.1) is 12.3 Å². The Balaban J connectivity index is 2.41. The standard InChI is InChI=1S/C7H10N2O/c1-3-7(10)9(2)6-4-8-5-6/h1,6,8H,4-5H2,2H3. The Labute approximate surface area is 60.4 Å². The second-order valence-corrected chi connectivity index (χ2v) is 2.37. The van der Waals surface area contributed by atoms with Gasteiger partial charge in [0, 0.05) is 20.1 Å². The van der Waals surface area contributed by atoms with Crippen molar-refractivity contribution in [2.24, 2.45) is 0 Å². The maximum atomic E-state index is 10.8. The molecule has 3 nitrogen and oxygen atoms in total. The molecule has 0 spiro atoms. The van der Waals surface area contributed by atoms with Crippen LogP contribution in [0.1, 0.15) is 0 Å². The van der Waals surface area contributed by atoms with E-state index < -0.39 is 0 Å². The summed E-state index contributed by atoms with van der Waals surface area (Å²) in [5, 5.41) is 3.06. The maximum Gasteiger partial charge on any atom is 0.298 e. The minimum absolute atomic E-state index is 0.230. The van der Waals surface area contributed by atoms with E-state index in [1.807, 2.05) is 0 Å². The number of carbonyl (C=O) groups is 1. The van der Waals surface area contributed by atoms with E-state index in [-0.39, 0.29) is 5.91 Å². The van der Waals surface area contributed by atoms with Crippen molar-refractivity contribution >= 4 is 5.91 Å². The first-order chi connectivity index (χ1) is 4.75. The van der Waals surface area contributed by atoms with E-state index in [1.54, 1.807) is 11.9 Å². The molecule has 0 aliphatic carbocycles. The topological polar surface area (TPSA) is 32.3 Å². The lowest BCUT2D eigenvalue weighted by molar-refractivity contribution is -0.126. The van der Waals surface area contributed by atoms with Crippen LogP contribution in [0.15, 0.2) is 0 Å². The Morgan fingerprint density at radius 1 is 1.80 bits per heavy atom. The third kappa shape index (κ3) is 1.12. The molecule has 1 aliphatic heterocycles. The lowest BCUT2D eigenvalue weighted by Gasteiger charge is -2.34. The number of terminal acetylenes is 1. The molecule has 0 atom stereocenters. The average Bonchev–Trinajstić information content (AvgIpc) is 1.82. The van der Waals surface area contributed by atoms with Crippen molar-refractivity contribution < 1.29 is 4.79 Å². The minimum atomic E-state index is -0.230. The molecule has 0 unspecified atom stereocenters. The van der Waals surface area contributed by atoms with Crippen LogP contribution >= 0.6 is 0 Å². The van der Waals surface area contributed by atoms with Crippen LogP contribution in [0.3, 0.4) is 0 Å². The largest absolute Gasteiger partial charge is 0.329 e. The van der Waals surface area contributed by atoms with Gasteiger partial charge in [-0.15, -0.1) is 6.42 Å². The highest BCUT2D eigenvalue weighted by Crippen LogP contribution is 2.00. The number of amides is 1. The van der Waals surface area contributed by atoms with Gasteiger partial charge in [0.25, 0.3) is 5.91 Å². The van der Waals surface area contributed by atoms with E-state index in [2.05, 4.69) is 11.2 Å². The highest BCUT2D eigenvalue weighted by molar-refractivity contribution is 5.93. The van der Waals surface area contributed by atoms with Crippen molar-refractivity contribution in [3.05, 3.63) is 0 Å². The van der Waals surface area contributed by atoms with E-state index in [1.165, 1.54) is 0 Å². The molecule has 10 heavy (non-hydrogen) atoms. The third-order valence-corrected chi connectivity index (χ3v) is 1.75. The number of hydrogen-bond donors (Lipinski definition) is 1. The molecule has 1 aliphatic rings. The van der Waals surface area contributed by atoms with E-state index in [0.29, 0.717) is 6.04 Å². The first kappa shape index (κ1) is 7.10. The van der Waals surface area contributed by atoms with Gasteiger partial charge in [-0.3, -0.25) is 4.79 Å². The average molecular weight is 138 g/mol. The molecule has 0 aromatic heterocycles. The second-order valence-electron chi connectivity index (χ2n) is 2.37. The van der Waals surface area contributed by atoms with Crippen LogP contribution in [-0.4, -0.2) is 37.0 Å². The minimum Gasteiger partial charge on any atom is -0.329 e. The highest BCUT2D eigenvalue weighted by atomic mass is 16.2. The van der Waals surface area contributed by atoms with Crippen molar-refractivity contribution in [2.45, 2.75) is 6.04 Å². The molecule has 3 heteroatoms.